The fourth-order valence-electron chi connectivity index (χ4n) is 3.89. The Balaban J connectivity index is 1.57. The lowest BCUT2D eigenvalue weighted by molar-refractivity contribution is -0.117. The molecule has 0 radical (unpaired) electrons. The molecule has 2 fully saturated rings. The lowest BCUT2D eigenvalue weighted by Gasteiger charge is -2.24. The number of hydrogen-bond acceptors (Lipinski definition) is 4. The van der Waals surface area contributed by atoms with E-state index in [1.165, 1.54) is 11.3 Å². The highest BCUT2D eigenvalue weighted by Crippen LogP contribution is 2.44. The van der Waals surface area contributed by atoms with Gasteiger partial charge in [0.1, 0.15) is 4.21 Å². The molecule has 2 saturated heterocycles. The van der Waals surface area contributed by atoms with E-state index in [1.54, 1.807) is 21.8 Å². The average Bonchev–Trinajstić information content (AvgIpc) is 3.30. The van der Waals surface area contributed by atoms with E-state index in [0.29, 0.717) is 30.3 Å². The first kappa shape index (κ1) is 16.8. The molecule has 1 unspecified atom stereocenters. The zero-order chi connectivity index (χ0) is 17.7. The molecule has 4 rings (SSSR count). The average molecular weight is 377 g/mol. The first-order chi connectivity index (χ1) is 11.9. The molecule has 7 heteroatoms. The SMILES string of the molecule is Cc1ccccc1N1CC2(CCN(S(=O)(=O)c3cccs3)C2)CC1=O. The Labute approximate surface area is 151 Å². The fourth-order valence-corrected chi connectivity index (χ4v) is 6.59. The number of thiophene rings is 1. The molecule has 5 nitrogen and oxygen atoms in total. The lowest BCUT2D eigenvalue weighted by Crippen LogP contribution is -2.34. The molecule has 1 atom stereocenters. The number of para-hydroxylation sites is 1. The normalized spacial score (nSPS) is 24.5. The van der Waals surface area contributed by atoms with Crippen LogP contribution in [0.3, 0.4) is 0 Å². The van der Waals surface area contributed by atoms with Crippen molar-refractivity contribution in [2.24, 2.45) is 5.41 Å². The van der Waals surface area contributed by atoms with Crippen LogP contribution in [0.15, 0.2) is 46.0 Å². The third kappa shape index (κ3) is 2.80. The zero-order valence-electron chi connectivity index (χ0n) is 14.0. The van der Waals surface area contributed by atoms with Crippen molar-refractivity contribution in [3.63, 3.8) is 0 Å². The molecule has 0 aliphatic carbocycles. The summed E-state index contributed by atoms with van der Waals surface area (Å²) < 4.78 is 27.4. The summed E-state index contributed by atoms with van der Waals surface area (Å²) in [6.07, 6.45) is 1.14. The summed E-state index contributed by atoms with van der Waals surface area (Å²) in [5, 5.41) is 1.78. The van der Waals surface area contributed by atoms with Gasteiger partial charge in [0, 0.05) is 37.2 Å². The quantitative estimate of drug-likeness (QED) is 0.828. The Morgan fingerprint density at radius 1 is 1.12 bits per heavy atom. The monoisotopic (exact) mass is 376 g/mol. The van der Waals surface area contributed by atoms with Gasteiger partial charge in [0.05, 0.1) is 0 Å². The molecular weight excluding hydrogens is 356 g/mol. The van der Waals surface area contributed by atoms with Gasteiger partial charge >= 0.3 is 0 Å². The minimum atomic E-state index is -3.44. The van der Waals surface area contributed by atoms with Gasteiger partial charge in [-0.2, -0.15) is 4.31 Å². The van der Waals surface area contributed by atoms with E-state index in [9.17, 15) is 13.2 Å². The maximum Gasteiger partial charge on any atom is 0.252 e. The van der Waals surface area contributed by atoms with Crippen LogP contribution in [0.5, 0.6) is 0 Å². The molecule has 1 aromatic heterocycles. The van der Waals surface area contributed by atoms with Crippen LogP contribution in [0.2, 0.25) is 0 Å². The molecule has 2 aliphatic heterocycles. The number of sulfonamides is 1. The van der Waals surface area contributed by atoms with Crippen molar-refractivity contribution in [2.75, 3.05) is 24.5 Å². The maximum absolute atomic E-state index is 12.8. The Morgan fingerprint density at radius 3 is 2.64 bits per heavy atom. The van der Waals surface area contributed by atoms with Crippen molar-refractivity contribution in [3.8, 4) is 0 Å². The number of nitrogens with zero attached hydrogens (tertiary/aromatic N) is 2. The zero-order valence-corrected chi connectivity index (χ0v) is 15.6. The number of rotatable bonds is 3. The first-order valence-corrected chi connectivity index (χ1v) is 10.6. The standard InChI is InChI=1S/C18H20N2O3S2/c1-14-5-2-3-6-15(14)20-13-18(11-16(20)21)8-9-19(12-18)25(22,23)17-7-4-10-24-17/h2-7,10H,8-9,11-13H2,1H3. The lowest BCUT2D eigenvalue weighted by atomic mass is 9.86. The van der Waals surface area contributed by atoms with E-state index < -0.39 is 10.0 Å². The van der Waals surface area contributed by atoms with Gasteiger partial charge in [0.25, 0.3) is 10.0 Å². The van der Waals surface area contributed by atoms with Crippen molar-refractivity contribution < 1.29 is 13.2 Å². The highest BCUT2D eigenvalue weighted by molar-refractivity contribution is 7.91. The van der Waals surface area contributed by atoms with Gasteiger partial charge in [-0.3, -0.25) is 4.79 Å². The second-order valence-corrected chi connectivity index (χ2v) is 10.1. The van der Waals surface area contributed by atoms with Crippen molar-refractivity contribution in [3.05, 3.63) is 47.3 Å². The molecule has 0 N–H and O–H groups in total. The minimum absolute atomic E-state index is 0.0877. The fraction of sp³-hybridized carbons (Fsp3) is 0.389. The van der Waals surface area contributed by atoms with Crippen LogP contribution < -0.4 is 4.90 Å². The van der Waals surface area contributed by atoms with Crippen molar-refractivity contribution >= 4 is 33.0 Å². The summed E-state index contributed by atoms with van der Waals surface area (Å²) in [4.78, 5) is 14.5. The summed E-state index contributed by atoms with van der Waals surface area (Å²) in [6.45, 7) is 3.49. The molecule has 0 bridgehead atoms. The number of carbonyl (C=O) groups is 1. The number of benzene rings is 1. The molecule has 1 spiro atoms. The summed E-state index contributed by atoms with van der Waals surface area (Å²) in [6, 6.07) is 11.2. The van der Waals surface area contributed by atoms with Crippen molar-refractivity contribution in [1.82, 2.24) is 4.31 Å². The highest BCUT2D eigenvalue weighted by Gasteiger charge is 2.50. The second kappa shape index (κ2) is 5.93. The van der Waals surface area contributed by atoms with Gasteiger partial charge in [-0.25, -0.2) is 8.42 Å². The third-order valence-corrected chi connectivity index (χ3v) is 8.44. The van der Waals surface area contributed by atoms with Gasteiger partial charge in [-0.1, -0.05) is 24.3 Å². The van der Waals surface area contributed by atoms with E-state index in [1.807, 2.05) is 36.1 Å². The van der Waals surface area contributed by atoms with Gasteiger partial charge in [-0.05, 0) is 36.4 Å². The van der Waals surface area contributed by atoms with E-state index in [2.05, 4.69) is 0 Å². The maximum atomic E-state index is 12.8. The van der Waals surface area contributed by atoms with E-state index in [-0.39, 0.29) is 11.3 Å². The number of hydrogen-bond donors (Lipinski definition) is 0. The topological polar surface area (TPSA) is 57.7 Å². The minimum Gasteiger partial charge on any atom is -0.312 e. The van der Waals surface area contributed by atoms with E-state index in [0.717, 1.165) is 17.7 Å². The summed E-state index contributed by atoms with van der Waals surface area (Å²) in [7, 11) is -3.44. The van der Waals surface area contributed by atoms with Crippen LogP contribution in [0.4, 0.5) is 5.69 Å². The summed E-state index contributed by atoms with van der Waals surface area (Å²) >= 11 is 1.24. The van der Waals surface area contributed by atoms with Gasteiger partial charge in [-0.15, -0.1) is 11.3 Å². The largest absolute Gasteiger partial charge is 0.312 e. The number of carbonyl (C=O) groups excluding carboxylic acids is 1. The molecule has 2 aromatic rings. The molecule has 2 aliphatic rings. The molecule has 132 valence electrons. The summed E-state index contributed by atoms with van der Waals surface area (Å²) in [5.74, 6) is 0.0877. The number of anilines is 1. The van der Waals surface area contributed by atoms with Crippen LogP contribution in [0, 0.1) is 12.3 Å². The van der Waals surface area contributed by atoms with Crippen LogP contribution in [-0.4, -0.2) is 38.3 Å². The molecule has 0 saturated carbocycles. The smallest absolute Gasteiger partial charge is 0.252 e. The number of amides is 1. The second-order valence-electron chi connectivity index (χ2n) is 6.96. The molecule has 1 amide bonds. The van der Waals surface area contributed by atoms with Crippen molar-refractivity contribution in [1.29, 1.82) is 0 Å². The van der Waals surface area contributed by atoms with E-state index >= 15 is 0 Å². The molecule has 1 aromatic carbocycles. The highest BCUT2D eigenvalue weighted by atomic mass is 32.2. The van der Waals surface area contributed by atoms with Crippen LogP contribution in [0.1, 0.15) is 18.4 Å². The Hall–Kier alpha value is -1.70. The predicted molar refractivity (Wildman–Crippen MR) is 98.3 cm³/mol. The van der Waals surface area contributed by atoms with Gasteiger partial charge < -0.3 is 4.90 Å². The molecule has 25 heavy (non-hydrogen) atoms. The van der Waals surface area contributed by atoms with Gasteiger partial charge in [0.2, 0.25) is 5.91 Å². The Morgan fingerprint density at radius 2 is 1.92 bits per heavy atom. The number of aryl methyl sites for hydroxylation is 1. The van der Waals surface area contributed by atoms with Crippen LogP contribution in [0.25, 0.3) is 0 Å². The predicted octanol–water partition coefficient (Wildman–Crippen LogP) is 2.87. The molecule has 3 heterocycles. The van der Waals surface area contributed by atoms with Crippen LogP contribution in [-0.2, 0) is 14.8 Å². The van der Waals surface area contributed by atoms with Crippen molar-refractivity contribution in [2.45, 2.75) is 24.0 Å². The summed E-state index contributed by atoms with van der Waals surface area (Å²) in [5.41, 5.74) is 1.72. The Kier molecular flexibility index (Phi) is 3.97. The first-order valence-electron chi connectivity index (χ1n) is 8.31. The third-order valence-electron chi connectivity index (χ3n) is 5.22. The van der Waals surface area contributed by atoms with Gasteiger partial charge in [0.15, 0.2) is 0 Å². The Bertz CT molecular complexity index is 908. The molecular formula is C18H20N2O3S2. The van der Waals surface area contributed by atoms with E-state index in [4.69, 9.17) is 0 Å². The van der Waals surface area contributed by atoms with Crippen LogP contribution >= 0.6 is 11.3 Å².